The van der Waals surface area contributed by atoms with Gasteiger partial charge in [0.25, 0.3) is 0 Å². The number of hydrogen-bond acceptors (Lipinski definition) is 9. The lowest BCUT2D eigenvalue weighted by Gasteiger charge is -2.31. The van der Waals surface area contributed by atoms with E-state index in [4.69, 9.17) is 0 Å². The van der Waals surface area contributed by atoms with Gasteiger partial charge in [0.05, 0.1) is 13.2 Å². The number of rotatable bonds is 22. The summed E-state index contributed by atoms with van der Waals surface area (Å²) in [5, 5.41) is 37.3. The fourth-order valence-corrected chi connectivity index (χ4v) is 8.05. The Labute approximate surface area is 368 Å². The van der Waals surface area contributed by atoms with Crippen LogP contribution in [0.5, 0.6) is 11.5 Å². The molecule has 0 aliphatic carbocycles. The molecule has 344 valence electrons. The number of carbonyl (C=O) groups excluding carboxylic acids is 6. The van der Waals surface area contributed by atoms with E-state index < -0.39 is 60.7 Å². The summed E-state index contributed by atoms with van der Waals surface area (Å²) in [6, 6.07) is 5.45. The Bertz CT molecular complexity index is 1820. The van der Waals surface area contributed by atoms with Crippen molar-refractivity contribution in [3.05, 3.63) is 47.5 Å². The van der Waals surface area contributed by atoms with Gasteiger partial charge in [-0.25, -0.2) is 0 Å². The van der Waals surface area contributed by atoms with E-state index in [1.165, 1.54) is 120 Å². The smallest absolute Gasteiger partial charge is 0.245 e. The van der Waals surface area contributed by atoms with Gasteiger partial charge in [-0.2, -0.15) is 0 Å². The molecule has 5 N–H and O–H groups in total. The fraction of sp³-hybridized carbons (Fsp3) is 0.625. The molecule has 2 aromatic carbocycles. The van der Waals surface area contributed by atoms with Crippen LogP contribution in [0, 0.1) is 5.92 Å². The number of aliphatic hydroxyl groups excluding tert-OH is 1. The summed E-state index contributed by atoms with van der Waals surface area (Å²) >= 11 is 0. The molecule has 1 heterocycles. The number of hydrogen-bond donors (Lipinski definition) is 5. The van der Waals surface area contributed by atoms with E-state index in [0.717, 1.165) is 29.7 Å². The molecule has 0 aromatic heterocycles. The molecule has 0 radical (unpaired) electrons. The number of phenolic OH excluding ortho intramolecular Hbond substituents is 2. The second-order valence-electron chi connectivity index (χ2n) is 17.3. The lowest BCUT2D eigenvalue weighted by Crippen LogP contribution is -2.55. The molecule has 62 heavy (non-hydrogen) atoms. The molecule has 14 nitrogen and oxygen atoms in total. The Morgan fingerprint density at radius 1 is 0.774 bits per heavy atom. The second-order valence-corrected chi connectivity index (χ2v) is 17.3. The van der Waals surface area contributed by atoms with Crippen molar-refractivity contribution in [2.45, 2.75) is 155 Å². The maximum atomic E-state index is 14.1. The van der Waals surface area contributed by atoms with Crippen molar-refractivity contribution in [3.63, 3.8) is 0 Å². The highest BCUT2D eigenvalue weighted by Crippen LogP contribution is 2.39. The maximum Gasteiger partial charge on any atom is 0.245 e. The van der Waals surface area contributed by atoms with Crippen molar-refractivity contribution >= 4 is 35.3 Å². The molecule has 1 aliphatic rings. The monoisotopic (exact) mass is 864 g/mol. The zero-order valence-corrected chi connectivity index (χ0v) is 38.2. The highest BCUT2D eigenvalue weighted by Gasteiger charge is 2.34. The van der Waals surface area contributed by atoms with Crippen LogP contribution in [-0.2, 0) is 35.2 Å². The van der Waals surface area contributed by atoms with E-state index in [1.54, 1.807) is 19.1 Å². The maximum absolute atomic E-state index is 14.1. The molecule has 0 spiro atoms. The van der Waals surface area contributed by atoms with Crippen LogP contribution in [0.1, 0.15) is 141 Å². The number of fused-ring (bicyclic) bond motifs is 5. The lowest BCUT2D eigenvalue weighted by atomic mass is 9.90. The van der Waals surface area contributed by atoms with Crippen molar-refractivity contribution in [1.82, 2.24) is 25.3 Å². The van der Waals surface area contributed by atoms with Gasteiger partial charge in [-0.15, -0.1) is 0 Å². The third kappa shape index (κ3) is 15.4. The number of likely N-dealkylation sites (N-methyl/N-ethyl adjacent to an activating group) is 3. The predicted octanol–water partition coefficient (Wildman–Crippen LogP) is 6.18. The van der Waals surface area contributed by atoms with Gasteiger partial charge in [-0.1, -0.05) is 103 Å². The highest BCUT2D eigenvalue weighted by atomic mass is 16.3. The molecule has 3 rings (SSSR count). The van der Waals surface area contributed by atoms with E-state index in [-0.39, 0.29) is 47.8 Å². The standard InChI is InChI=1S/C48H73N5O9/c1-8-9-10-11-12-13-14-15-16-17-18-19-20-21-43(58)52(6)39(31-54)47(61)50-34(4)48(62)51(5)30-44(59)53(7)45-36-23-25-41(56)38(29-36)37-28-35(22-24-40(37)55)27-33(3)49-46(60)32(2)26-42(45)57/h22-25,28-29,32-34,39,45,54-56H,8-21,26-27,30-31H2,1-7H3,(H,49,60)(H,50,61)/t32-,33-,34-,39-,45+/m1/s1. The lowest BCUT2D eigenvalue weighted by molar-refractivity contribution is -0.145. The number of nitrogens with zero attached hydrogens (tertiary/aromatic N) is 3. The average Bonchev–Trinajstić information content (AvgIpc) is 3.23. The summed E-state index contributed by atoms with van der Waals surface area (Å²) in [7, 11) is 4.24. The van der Waals surface area contributed by atoms with Gasteiger partial charge in [0, 0.05) is 57.1 Å². The van der Waals surface area contributed by atoms with Gasteiger partial charge in [-0.05, 0) is 62.1 Å². The Balaban J connectivity index is 1.61. The molecular weight excluding hydrogens is 791 g/mol. The SMILES string of the molecule is CCCCCCCCCCCCCCCC(=O)N(C)[C@H](CO)C(=O)N[C@H](C)C(=O)N(C)CC(=O)N(C)[C@@H]1C(=O)C[C@@H](C)C(=O)N[C@H](C)Cc2ccc(O)c(c2)-c2cc1ccc2O. The van der Waals surface area contributed by atoms with Crippen LogP contribution in [0.4, 0.5) is 0 Å². The molecule has 5 atom stereocenters. The zero-order valence-electron chi connectivity index (χ0n) is 38.2. The summed E-state index contributed by atoms with van der Waals surface area (Å²) < 4.78 is 0. The van der Waals surface area contributed by atoms with Crippen molar-refractivity contribution in [1.29, 1.82) is 0 Å². The van der Waals surface area contributed by atoms with Gasteiger partial charge in [0.1, 0.15) is 29.6 Å². The van der Waals surface area contributed by atoms with Crippen LogP contribution in [-0.4, -0.2) is 118 Å². The van der Waals surface area contributed by atoms with Gasteiger partial charge < -0.3 is 40.7 Å². The minimum Gasteiger partial charge on any atom is -0.507 e. The van der Waals surface area contributed by atoms with Crippen LogP contribution in [0.25, 0.3) is 11.1 Å². The molecule has 2 aromatic rings. The summed E-state index contributed by atoms with van der Waals surface area (Å²) in [4.78, 5) is 84.3. The van der Waals surface area contributed by atoms with Gasteiger partial charge in [0.15, 0.2) is 5.78 Å². The van der Waals surface area contributed by atoms with Gasteiger partial charge in [-0.3, -0.25) is 28.8 Å². The Kier molecular flexibility index (Phi) is 21.4. The first kappa shape index (κ1) is 51.4. The van der Waals surface area contributed by atoms with E-state index in [1.807, 2.05) is 6.92 Å². The van der Waals surface area contributed by atoms with Gasteiger partial charge in [0.2, 0.25) is 29.5 Å². The van der Waals surface area contributed by atoms with E-state index >= 15 is 0 Å². The van der Waals surface area contributed by atoms with Crippen LogP contribution >= 0.6 is 0 Å². The largest absolute Gasteiger partial charge is 0.507 e. The molecule has 0 unspecified atom stereocenters. The zero-order chi connectivity index (χ0) is 45.9. The number of unbranched alkanes of at least 4 members (excludes halogenated alkanes) is 12. The summed E-state index contributed by atoms with van der Waals surface area (Å²) in [6.07, 6.45) is 15.8. The van der Waals surface area contributed by atoms with Crippen molar-refractivity contribution in [2.75, 3.05) is 34.3 Å². The first-order valence-electron chi connectivity index (χ1n) is 22.7. The Morgan fingerprint density at radius 3 is 1.90 bits per heavy atom. The van der Waals surface area contributed by atoms with E-state index in [0.29, 0.717) is 24.0 Å². The number of ketones is 1. The van der Waals surface area contributed by atoms with E-state index in [9.17, 15) is 44.1 Å². The van der Waals surface area contributed by atoms with Crippen LogP contribution in [0.2, 0.25) is 0 Å². The third-order valence-corrected chi connectivity index (χ3v) is 12.0. The highest BCUT2D eigenvalue weighted by molar-refractivity contribution is 5.96. The number of nitrogens with one attached hydrogen (secondary N) is 2. The molecule has 0 fully saturated rings. The number of aliphatic hydroxyl groups is 1. The first-order valence-corrected chi connectivity index (χ1v) is 22.7. The molecule has 14 heteroatoms. The number of Topliss-reactive ketones (excluding diaryl/α,β-unsaturated/α-hetero) is 1. The Morgan fingerprint density at radius 2 is 1.32 bits per heavy atom. The van der Waals surface area contributed by atoms with E-state index in [2.05, 4.69) is 17.6 Å². The third-order valence-electron chi connectivity index (χ3n) is 12.0. The van der Waals surface area contributed by atoms with Crippen molar-refractivity contribution < 1.29 is 44.1 Å². The number of phenols is 2. The first-order chi connectivity index (χ1) is 29.5. The molecule has 0 saturated heterocycles. The van der Waals surface area contributed by atoms with Crippen LogP contribution < -0.4 is 10.6 Å². The minimum atomic E-state index is -1.23. The van der Waals surface area contributed by atoms with Gasteiger partial charge >= 0.3 is 0 Å². The topological polar surface area (TPSA) is 197 Å². The normalized spacial score (nSPS) is 17.6. The number of aromatic hydroxyl groups is 2. The molecule has 5 amide bonds. The number of amides is 5. The predicted molar refractivity (Wildman–Crippen MR) is 240 cm³/mol. The van der Waals surface area contributed by atoms with Crippen molar-refractivity contribution in [2.24, 2.45) is 5.92 Å². The number of benzene rings is 2. The number of carbonyl (C=O) groups is 6. The van der Waals surface area contributed by atoms with Crippen molar-refractivity contribution in [3.8, 4) is 22.6 Å². The minimum absolute atomic E-state index is 0.110. The summed E-state index contributed by atoms with van der Waals surface area (Å²) in [5.41, 5.74) is 1.66. The average molecular weight is 864 g/mol. The summed E-state index contributed by atoms with van der Waals surface area (Å²) in [6.45, 7) is 5.99. The molecular formula is C48H73N5O9. The second kappa shape index (κ2) is 25.8. The quantitative estimate of drug-likeness (QED) is 0.0859. The molecule has 0 saturated carbocycles. The summed E-state index contributed by atoms with van der Waals surface area (Å²) in [5.74, 6) is -4.06. The van der Waals surface area contributed by atoms with Crippen LogP contribution in [0.15, 0.2) is 36.4 Å². The Hall–Kier alpha value is -4.98. The van der Waals surface area contributed by atoms with Crippen LogP contribution in [0.3, 0.4) is 0 Å². The molecule has 1 aliphatic heterocycles. The molecule has 4 bridgehead atoms. The fourth-order valence-electron chi connectivity index (χ4n) is 8.05.